The number of benzene rings is 1. The number of hydrogen-bond donors (Lipinski definition) is 1. The molecule has 0 heterocycles. The van der Waals surface area contributed by atoms with Crippen LogP contribution in [0.15, 0.2) is 30.4 Å². The predicted octanol–water partition coefficient (Wildman–Crippen LogP) is 1.53. The first-order chi connectivity index (χ1) is 9.45. The molecule has 20 heavy (non-hydrogen) atoms. The summed E-state index contributed by atoms with van der Waals surface area (Å²) >= 11 is 0. The zero-order chi connectivity index (χ0) is 15.1. The first-order valence-electron chi connectivity index (χ1n) is 5.57. The van der Waals surface area contributed by atoms with Gasteiger partial charge in [0.1, 0.15) is 6.29 Å². The monoisotopic (exact) mass is 283 g/mol. The van der Waals surface area contributed by atoms with Crippen molar-refractivity contribution in [2.45, 2.75) is 6.42 Å². The lowest BCUT2D eigenvalue weighted by atomic mass is 10.2. The van der Waals surface area contributed by atoms with Crippen LogP contribution in [0.2, 0.25) is 0 Å². The van der Waals surface area contributed by atoms with Crippen molar-refractivity contribution in [3.05, 3.63) is 42.0 Å². The molecule has 5 nitrogen and oxygen atoms in total. The topological polar surface area (TPSA) is 74.7 Å². The Kier molecular flexibility index (Phi) is 5.52. The lowest BCUT2D eigenvalue weighted by Gasteiger charge is -2.20. The molecule has 1 aromatic carbocycles. The molecule has 1 amide bonds. The maximum absolute atomic E-state index is 13.1. The SMILES string of the molecule is O=CCCN(C(=O)/C=C/C(=O)O)c1ccc(F)c(F)c1. The van der Waals surface area contributed by atoms with Gasteiger partial charge in [0.2, 0.25) is 0 Å². The average molecular weight is 283 g/mol. The average Bonchev–Trinajstić information content (AvgIpc) is 2.40. The minimum absolute atomic E-state index is 0.0222. The van der Waals surface area contributed by atoms with Crippen LogP contribution in [0.3, 0.4) is 0 Å². The van der Waals surface area contributed by atoms with E-state index in [2.05, 4.69) is 0 Å². The first kappa shape index (κ1) is 15.5. The Labute approximate surface area is 113 Å². The van der Waals surface area contributed by atoms with Crippen LogP contribution in [0.1, 0.15) is 6.42 Å². The molecule has 0 spiro atoms. The van der Waals surface area contributed by atoms with E-state index in [-0.39, 0.29) is 18.7 Å². The van der Waals surface area contributed by atoms with Gasteiger partial charge in [0, 0.05) is 36.9 Å². The van der Waals surface area contributed by atoms with Gasteiger partial charge in [-0.1, -0.05) is 0 Å². The predicted molar refractivity (Wildman–Crippen MR) is 66.2 cm³/mol. The van der Waals surface area contributed by atoms with Gasteiger partial charge in [-0.3, -0.25) is 4.79 Å². The van der Waals surface area contributed by atoms with Crippen molar-refractivity contribution >= 4 is 23.9 Å². The number of aldehydes is 1. The van der Waals surface area contributed by atoms with E-state index in [1.165, 1.54) is 0 Å². The number of aliphatic carboxylic acids is 1. The molecule has 0 bridgehead atoms. The summed E-state index contributed by atoms with van der Waals surface area (Å²) in [6.45, 7) is -0.0721. The number of halogens is 2. The third-order valence-corrected chi connectivity index (χ3v) is 2.32. The third kappa shape index (κ3) is 4.27. The molecule has 0 aliphatic heterocycles. The minimum Gasteiger partial charge on any atom is -0.478 e. The molecule has 0 fully saturated rings. The van der Waals surface area contributed by atoms with E-state index in [1.54, 1.807) is 0 Å². The van der Waals surface area contributed by atoms with E-state index in [0.717, 1.165) is 29.2 Å². The highest BCUT2D eigenvalue weighted by molar-refractivity contribution is 6.04. The molecule has 0 radical (unpaired) electrons. The summed E-state index contributed by atoms with van der Waals surface area (Å²) in [6.07, 6.45) is 1.93. The van der Waals surface area contributed by atoms with Crippen molar-refractivity contribution in [1.29, 1.82) is 0 Å². The Bertz CT molecular complexity index is 557. The number of carbonyl (C=O) groups excluding carboxylic acids is 2. The molecule has 7 heteroatoms. The molecule has 0 aliphatic carbocycles. The number of carboxylic acid groups (broad SMARTS) is 1. The number of nitrogens with zero attached hydrogens (tertiary/aromatic N) is 1. The highest BCUT2D eigenvalue weighted by Gasteiger charge is 2.15. The molecular formula is C13H11F2NO4. The van der Waals surface area contributed by atoms with Gasteiger partial charge in [-0.25, -0.2) is 13.6 Å². The molecule has 1 N–H and O–H groups in total. The maximum atomic E-state index is 13.1. The van der Waals surface area contributed by atoms with Crippen molar-refractivity contribution in [1.82, 2.24) is 0 Å². The lowest BCUT2D eigenvalue weighted by molar-refractivity contribution is -0.131. The van der Waals surface area contributed by atoms with Crippen LogP contribution in [-0.2, 0) is 14.4 Å². The van der Waals surface area contributed by atoms with Crippen LogP contribution in [0.4, 0.5) is 14.5 Å². The summed E-state index contributed by atoms with van der Waals surface area (Å²) in [5.41, 5.74) is 0.0331. The van der Waals surface area contributed by atoms with E-state index in [4.69, 9.17) is 5.11 Å². The van der Waals surface area contributed by atoms with Crippen molar-refractivity contribution in [3.8, 4) is 0 Å². The van der Waals surface area contributed by atoms with Crippen LogP contribution in [-0.4, -0.2) is 29.8 Å². The Morgan fingerprint density at radius 1 is 1.20 bits per heavy atom. The van der Waals surface area contributed by atoms with Crippen LogP contribution >= 0.6 is 0 Å². The maximum Gasteiger partial charge on any atom is 0.328 e. The summed E-state index contributed by atoms with van der Waals surface area (Å²) in [5.74, 6) is -4.29. The number of amides is 1. The van der Waals surface area contributed by atoms with E-state index in [0.29, 0.717) is 12.4 Å². The smallest absolute Gasteiger partial charge is 0.328 e. The van der Waals surface area contributed by atoms with Gasteiger partial charge in [-0.2, -0.15) is 0 Å². The Hall–Kier alpha value is -2.57. The molecule has 0 unspecified atom stereocenters. The van der Waals surface area contributed by atoms with Gasteiger partial charge in [-0.05, 0) is 12.1 Å². The second kappa shape index (κ2) is 7.13. The first-order valence-corrected chi connectivity index (χ1v) is 5.57. The van der Waals surface area contributed by atoms with E-state index in [9.17, 15) is 23.2 Å². The molecular weight excluding hydrogens is 272 g/mol. The van der Waals surface area contributed by atoms with Gasteiger partial charge >= 0.3 is 5.97 Å². The number of anilines is 1. The quantitative estimate of drug-likeness (QED) is 0.634. The fourth-order valence-corrected chi connectivity index (χ4v) is 1.43. The molecule has 0 atom stereocenters. The van der Waals surface area contributed by atoms with E-state index >= 15 is 0 Å². The summed E-state index contributed by atoms with van der Waals surface area (Å²) in [5, 5.41) is 8.45. The van der Waals surface area contributed by atoms with Crippen LogP contribution in [0.5, 0.6) is 0 Å². The normalized spacial score (nSPS) is 10.5. The van der Waals surface area contributed by atoms with Crippen molar-refractivity contribution < 1.29 is 28.3 Å². The van der Waals surface area contributed by atoms with Gasteiger partial charge in [0.05, 0.1) is 0 Å². The fourth-order valence-electron chi connectivity index (χ4n) is 1.43. The second-order valence-electron chi connectivity index (χ2n) is 3.72. The summed E-state index contributed by atoms with van der Waals surface area (Å²) in [7, 11) is 0. The standard InChI is InChI=1S/C13H11F2NO4/c14-10-3-2-9(8-11(10)15)16(6-1-7-17)12(18)4-5-13(19)20/h2-5,7-8H,1,6H2,(H,19,20)/b5-4+. The van der Waals surface area contributed by atoms with Crippen molar-refractivity contribution in [2.24, 2.45) is 0 Å². The van der Waals surface area contributed by atoms with E-state index in [1.807, 2.05) is 0 Å². The zero-order valence-electron chi connectivity index (χ0n) is 10.3. The molecule has 1 aromatic rings. The molecule has 1 rings (SSSR count). The largest absolute Gasteiger partial charge is 0.478 e. The lowest BCUT2D eigenvalue weighted by Crippen LogP contribution is -2.30. The second-order valence-corrected chi connectivity index (χ2v) is 3.72. The number of carbonyl (C=O) groups is 3. The Balaban J connectivity index is 3.04. The van der Waals surface area contributed by atoms with Crippen LogP contribution in [0.25, 0.3) is 0 Å². The van der Waals surface area contributed by atoms with Gasteiger partial charge < -0.3 is 14.8 Å². The number of carboxylic acids is 1. The minimum atomic E-state index is -1.32. The van der Waals surface area contributed by atoms with Crippen LogP contribution in [0, 0.1) is 11.6 Å². The molecule has 0 aliphatic rings. The number of rotatable bonds is 6. The van der Waals surface area contributed by atoms with Gasteiger partial charge in [-0.15, -0.1) is 0 Å². The van der Waals surface area contributed by atoms with Crippen LogP contribution < -0.4 is 4.90 Å². The summed E-state index contributed by atoms with van der Waals surface area (Å²) in [6, 6.07) is 2.80. The summed E-state index contributed by atoms with van der Waals surface area (Å²) < 4.78 is 26.0. The zero-order valence-corrected chi connectivity index (χ0v) is 10.3. The van der Waals surface area contributed by atoms with Crippen molar-refractivity contribution in [2.75, 3.05) is 11.4 Å². The van der Waals surface area contributed by atoms with E-state index < -0.39 is 23.5 Å². The highest BCUT2D eigenvalue weighted by Crippen LogP contribution is 2.18. The molecule has 106 valence electrons. The van der Waals surface area contributed by atoms with Gasteiger partial charge in [0.15, 0.2) is 11.6 Å². The molecule has 0 saturated heterocycles. The molecule has 0 saturated carbocycles. The Morgan fingerprint density at radius 2 is 1.90 bits per heavy atom. The van der Waals surface area contributed by atoms with Gasteiger partial charge in [0.25, 0.3) is 5.91 Å². The molecule has 0 aromatic heterocycles. The fraction of sp³-hybridized carbons (Fsp3) is 0.154. The summed E-state index contributed by atoms with van der Waals surface area (Å²) in [4.78, 5) is 33.5. The Morgan fingerprint density at radius 3 is 2.45 bits per heavy atom. The number of hydrogen-bond acceptors (Lipinski definition) is 3. The van der Waals surface area contributed by atoms with Crippen molar-refractivity contribution in [3.63, 3.8) is 0 Å². The third-order valence-electron chi connectivity index (χ3n) is 2.32. The highest BCUT2D eigenvalue weighted by atomic mass is 19.2.